The van der Waals surface area contributed by atoms with E-state index in [0.29, 0.717) is 23.3 Å². The van der Waals surface area contributed by atoms with Crippen LogP contribution in [0, 0.1) is 11.9 Å². The molecular formula is C20H19FN4O2S. The molecule has 6 nitrogen and oxygen atoms in total. The second-order valence-corrected chi connectivity index (χ2v) is 7.38. The quantitative estimate of drug-likeness (QED) is 0.641. The Labute approximate surface area is 165 Å². The molecule has 1 aliphatic heterocycles. The molecule has 4 heterocycles. The molecule has 0 saturated carbocycles. The molecule has 1 saturated heterocycles. The maximum Gasteiger partial charge on any atom is 0.274 e. The highest BCUT2D eigenvalue weighted by atomic mass is 32.1. The Balaban J connectivity index is 1.41. The summed E-state index contributed by atoms with van der Waals surface area (Å²) in [5.74, 6) is -0.363. The fourth-order valence-corrected chi connectivity index (χ4v) is 3.69. The molecule has 1 atom stereocenters. The molecule has 3 aromatic heterocycles. The highest BCUT2D eigenvalue weighted by Crippen LogP contribution is 2.20. The number of carbonyl (C=O) groups is 1. The van der Waals surface area contributed by atoms with Gasteiger partial charge in [0, 0.05) is 36.8 Å². The number of rotatable bonds is 6. The van der Waals surface area contributed by atoms with Crippen molar-refractivity contribution in [1.29, 1.82) is 0 Å². The van der Waals surface area contributed by atoms with E-state index in [1.54, 1.807) is 29.0 Å². The lowest BCUT2D eigenvalue weighted by atomic mass is 10.1. The standard InChI is InChI=1S/C20H19FN4O2S/c21-18-10-15(5-7-22-18)11-25-8-1-2-17(25)19(26)24-20-23-16(13-28-20)4-3-14-6-9-27-12-14/h1-5,7-8,10,13-14H,6,9,11-12H2,(H,23,24,26)/b4-3+. The minimum absolute atomic E-state index is 0.256. The Bertz CT molecular complexity index is 992. The van der Waals surface area contributed by atoms with Crippen molar-refractivity contribution in [3.05, 3.63) is 71.0 Å². The van der Waals surface area contributed by atoms with Gasteiger partial charge in [-0.3, -0.25) is 10.1 Å². The zero-order chi connectivity index (χ0) is 19.3. The first-order valence-corrected chi connectivity index (χ1v) is 9.84. The van der Waals surface area contributed by atoms with E-state index in [2.05, 4.69) is 21.4 Å². The number of carbonyl (C=O) groups excluding carboxylic acids is 1. The molecule has 0 radical (unpaired) electrons. The van der Waals surface area contributed by atoms with Gasteiger partial charge >= 0.3 is 0 Å². The normalized spacial score (nSPS) is 16.7. The third kappa shape index (κ3) is 4.52. The molecule has 1 N–H and O–H groups in total. The number of hydrogen-bond acceptors (Lipinski definition) is 5. The van der Waals surface area contributed by atoms with Gasteiger partial charge in [-0.25, -0.2) is 9.97 Å². The van der Waals surface area contributed by atoms with E-state index >= 15 is 0 Å². The van der Waals surface area contributed by atoms with Crippen LogP contribution in [0.15, 0.2) is 48.1 Å². The predicted octanol–water partition coefficient (Wildman–Crippen LogP) is 3.83. The summed E-state index contributed by atoms with van der Waals surface area (Å²) in [6.45, 7) is 1.94. The summed E-state index contributed by atoms with van der Waals surface area (Å²) < 4.78 is 20.4. The summed E-state index contributed by atoms with van der Waals surface area (Å²) >= 11 is 1.38. The van der Waals surface area contributed by atoms with Gasteiger partial charge in [-0.2, -0.15) is 4.39 Å². The molecule has 1 unspecified atom stereocenters. The van der Waals surface area contributed by atoms with Crippen molar-refractivity contribution >= 4 is 28.5 Å². The van der Waals surface area contributed by atoms with E-state index in [4.69, 9.17) is 4.74 Å². The molecule has 8 heteroatoms. The van der Waals surface area contributed by atoms with E-state index in [-0.39, 0.29) is 5.91 Å². The number of halogens is 1. The van der Waals surface area contributed by atoms with Gasteiger partial charge in [0.25, 0.3) is 5.91 Å². The molecule has 1 amide bonds. The van der Waals surface area contributed by atoms with Gasteiger partial charge in [0.2, 0.25) is 5.95 Å². The van der Waals surface area contributed by atoms with Gasteiger partial charge in [0.1, 0.15) is 5.69 Å². The Kier molecular flexibility index (Phi) is 5.59. The highest BCUT2D eigenvalue weighted by Gasteiger charge is 2.14. The largest absolute Gasteiger partial charge is 0.381 e. The van der Waals surface area contributed by atoms with Gasteiger partial charge in [0.05, 0.1) is 12.3 Å². The summed E-state index contributed by atoms with van der Waals surface area (Å²) in [5.41, 5.74) is 2.03. The zero-order valence-corrected chi connectivity index (χ0v) is 15.9. The molecule has 144 valence electrons. The van der Waals surface area contributed by atoms with Gasteiger partial charge in [-0.15, -0.1) is 11.3 Å². The average Bonchev–Trinajstić information content (AvgIpc) is 3.42. The van der Waals surface area contributed by atoms with Crippen LogP contribution in [0.1, 0.15) is 28.2 Å². The number of anilines is 1. The Hall–Kier alpha value is -2.84. The van der Waals surface area contributed by atoms with Crippen molar-refractivity contribution < 1.29 is 13.9 Å². The van der Waals surface area contributed by atoms with Gasteiger partial charge in [-0.1, -0.05) is 6.08 Å². The number of ether oxygens (including phenoxy) is 1. The maximum atomic E-state index is 13.3. The number of aromatic nitrogens is 3. The summed E-state index contributed by atoms with van der Waals surface area (Å²) in [5, 5.41) is 5.27. The Morgan fingerprint density at radius 2 is 2.39 bits per heavy atom. The molecule has 4 rings (SSSR count). The molecule has 0 spiro atoms. The fraction of sp³-hybridized carbons (Fsp3) is 0.250. The van der Waals surface area contributed by atoms with Crippen molar-refractivity contribution in [2.75, 3.05) is 18.5 Å². The second-order valence-electron chi connectivity index (χ2n) is 6.52. The second kappa shape index (κ2) is 8.45. The molecule has 0 aliphatic carbocycles. The highest BCUT2D eigenvalue weighted by molar-refractivity contribution is 7.14. The van der Waals surface area contributed by atoms with E-state index in [1.165, 1.54) is 23.6 Å². The lowest BCUT2D eigenvalue weighted by Gasteiger charge is -2.09. The van der Waals surface area contributed by atoms with Crippen molar-refractivity contribution in [1.82, 2.24) is 14.5 Å². The van der Waals surface area contributed by atoms with E-state index in [9.17, 15) is 9.18 Å². The number of nitrogens with zero attached hydrogens (tertiary/aromatic N) is 3. The topological polar surface area (TPSA) is 69.0 Å². The van der Waals surface area contributed by atoms with Crippen LogP contribution in [0.4, 0.5) is 9.52 Å². The maximum absolute atomic E-state index is 13.3. The van der Waals surface area contributed by atoms with Crippen LogP contribution in [0.25, 0.3) is 6.08 Å². The van der Waals surface area contributed by atoms with Gasteiger partial charge < -0.3 is 9.30 Å². The molecule has 0 bridgehead atoms. The molecule has 1 fully saturated rings. The van der Waals surface area contributed by atoms with Crippen LogP contribution in [-0.4, -0.2) is 33.7 Å². The third-order valence-corrected chi connectivity index (χ3v) is 5.23. The summed E-state index contributed by atoms with van der Waals surface area (Å²) in [6.07, 6.45) is 8.30. The zero-order valence-electron chi connectivity index (χ0n) is 15.0. The van der Waals surface area contributed by atoms with Gasteiger partial charge in [-0.05, 0) is 42.3 Å². The molecule has 28 heavy (non-hydrogen) atoms. The van der Waals surface area contributed by atoms with E-state index in [1.807, 2.05) is 11.5 Å². The van der Waals surface area contributed by atoms with E-state index in [0.717, 1.165) is 30.9 Å². The minimum Gasteiger partial charge on any atom is -0.381 e. The lowest BCUT2D eigenvalue weighted by Crippen LogP contribution is -2.17. The monoisotopic (exact) mass is 398 g/mol. The van der Waals surface area contributed by atoms with Crippen molar-refractivity contribution in [3.63, 3.8) is 0 Å². The lowest BCUT2D eigenvalue weighted by molar-refractivity contribution is 0.101. The average molecular weight is 398 g/mol. The molecule has 1 aliphatic rings. The fourth-order valence-electron chi connectivity index (χ4n) is 3.02. The third-order valence-electron chi connectivity index (χ3n) is 4.45. The summed E-state index contributed by atoms with van der Waals surface area (Å²) in [6, 6.07) is 6.59. The summed E-state index contributed by atoms with van der Waals surface area (Å²) in [7, 11) is 0. The van der Waals surface area contributed by atoms with Crippen LogP contribution >= 0.6 is 11.3 Å². The van der Waals surface area contributed by atoms with Gasteiger partial charge in [0.15, 0.2) is 5.13 Å². The van der Waals surface area contributed by atoms with Crippen LogP contribution < -0.4 is 5.32 Å². The SMILES string of the molecule is O=C(Nc1nc(/C=C/C2CCOC2)cs1)c1cccn1Cc1ccnc(F)c1. The Morgan fingerprint density at radius 1 is 1.46 bits per heavy atom. The number of pyridine rings is 1. The number of thiazole rings is 1. The van der Waals surface area contributed by atoms with Crippen LogP contribution in [0.3, 0.4) is 0 Å². The molecule has 0 aromatic carbocycles. The predicted molar refractivity (Wildman–Crippen MR) is 106 cm³/mol. The first-order valence-electron chi connectivity index (χ1n) is 8.96. The van der Waals surface area contributed by atoms with Crippen molar-refractivity contribution in [2.24, 2.45) is 5.92 Å². The number of hydrogen-bond donors (Lipinski definition) is 1. The summed E-state index contributed by atoms with van der Waals surface area (Å²) in [4.78, 5) is 20.6. The van der Waals surface area contributed by atoms with E-state index < -0.39 is 5.95 Å². The first-order chi connectivity index (χ1) is 13.7. The van der Waals surface area contributed by atoms with Crippen molar-refractivity contribution in [2.45, 2.75) is 13.0 Å². The first kappa shape index (κ1) is 18.5. The Morgan fingerprint density at radius 3 is 3.21 bits per heavy atom. The molecular weight excluding hydrogens is 379 g/mol. The van der Waals surface area contributed by atoms with Crippen LogP contribution in [0.2, 0.25) is 0 Å². The van der Waals surface area contributed by atoms with Crippen LogP contribution in [0.5, 0.6) is 0 Å². The molecule has 3 aromatic rings. The van der Waals surface area contributed by atoms with Crippen molar-refractivity contribution in [3.8, 4) is 0 Å². The smallest absolute Gasteiger partial charge is 0.274 e. The van der Waals surface area contributed by atoms with Crippen LogP contribution in [-0.2, 0) is 11.3 Å². The number of nitrogens with one attached hydrogen (secondary N) is 1. The number of amides is 1. The minimum atomic E-state index is -0.539.